The molecule has 1 N–H and O–H groups in total. The van der Waals surface area contributed by atoms with Crippen molar-refractivity contribution in [2.45, 2.75) is 24.6 Å². The zero-order valence-corrected chi connectivity index (χ0v) is 8.41. The maximum absolute atomic E-state index is 11.5. The van der Waals surface area contributed by atoms with Gasteiger partial charge in [-0.25, -0.2) is 9.97 Å². The van der Waals surface area contributed by atoms with Crippen molar-refractivity contribution in [2.75, 3.05) is 5.75 Å². The van der Waals surface area contributed by atoms with Crippen molar-refractivity contribution < 1.29 is 9.32 Å². The fourth-order valence-corrected chi connectivity index (χ4v) is 1.92. The molecule has 1 unspecified atom stereocenters. The number of nitrogens with zero attached hydrogens (tertiary/aromatic N) is 2. The molecule has 0 aromatic carbocycles. The van der Waals surface area contributed by atoms with Crippen molar-refractivity contribution in [3.8, 4) is 0 Å². The van der Waals surface area contributed by atoms with Crippen LogP contribution in [0.5, 0.6) is 0 Å². The van der Waals surface area contributed by atoms with Crippen LogP contribution in [0.3, 0.4) is 0 Å². The molecule has 0 aliphatic rings. The molecule has 13 heavy (non-hydrogen) atoms. The Hall–Kier alpha value is -0.810. The Balaban J connectivity index is 2.71. The summed E-state index contributed by atoms with van der Waals surface area (Å²) in [5.41, 5.74) is -0.954. The lowest BCUT2D eigenvalue weighted by Crippen LogP contribution is -2.27. The summed E-state index contributed by atoms with van der Waals surface area (Å²) in [6, 6.07) is 1.66. The number of hydrogen-bond donors (Lipinski definition) is 1. The van der Waals surface area contributed by atoms with Crippen molar-refractivity contribution in [3.05, 3.63) is 18.5 Å². The first-order valence-corrected chi connectivity index (χ1v) is 5.19. The van der Waals surface area contributed by atoms with Gasteiger partial charge >= 0.3 is 0 Å². The smallest absolute Gasteiger partial charge is 0.218 e. The van der Waals surface area contributed by atoms with Gasteiger partial charge in [-0.1, -0.05) is 0 Å². The van der Waals surface area contributed by atoms with Crippen LogP contribution >= 0.6 is 0 Å². The van der Waals surface area contributed by atoms with E-state index in [9.17, 15) is 9.32 Å². The van der Waals surface area contributed by atoms with Gasteiger partial charge in [0.05, 0.1) is 22.2 Å². The van der Waals surface area contributed by atoms with Gasteiger partial charge in [0.15, 0.2) is 0 Å². The number of aromatic nitrogens is 2. The summed E-state index contributed by atoms with van der Waals surface area (Å²) in [4.78, 5) is 7.68. The molecular weight excluding hydrogens is 188 g/mol. The zero-order chi connectivity index (χ0) is 9.90. The topological polar surface area (TPSA) is 63.1 Å². The van der Waals surface area contributed by atoms with Gasteiger partial charge in [-0.3, -0.25) is 4.21 Å². The van der Waals surface area contributed by atoms with Gasteiger partial charge in [-0.05, 0) is 19.9 Å². The molecule has 0 fully saturated rings. The molecule has 0 spiro atoms. The second kappa shape index (κ2) is 3.93. The molecule has 0 bridgehead atoms. The highest BCUT2D eigenvalue weighted by Gasteiger charge is 2.19. The van der Waals surface area contributed by atoms with Crippen LogP contribution in [0.15, 0.2) is 23.6 Å². The average Bonchev–Trinajstić information content (AvgIpc) is 2.03. The van der Waals surface area contributed by atoms with E-state index in [-0.39, 0.29) is 10.9 Å². The van der Waals surface area contributed by atoms with E-state index in [1.54, 1.807) is 19.9 Å². The monoisotopic (exact) mass is 200 g/mol. The lowest BCUT2D eigenvalue weighted by Gasteiger charge is -2.14. The van der Waals surface area contributed by atoms with Gasteiger partial charge in [0.1, 0.15) is 0 Å². The van der Waals surface area contributed by atoms with Crippen LogP contribution in [0.2, 0.25) is 0 Å². The van der Waals surface area contributed by atoms with E-state index in [4.69, 9.17) is 0 Å². The van der Waals surface area contributed by atoms with Crippen molar-refractivity contribution in [1.82, 2.24) is 9.97 Å². The van der Waals surface area contributed by atoms with Crippen LogP contribution in [0.1, 0.15) is 13.8 Å². The third-order valence-electron chi connectivity index (χ3n) is 1.23. The van der Waals surface area contributed by atoms with Gasteiger partial charge < -0.3 is 5.11 Å². The molecule has 1 rings (SSSR count). The molecular formula is C8H12N2O2S. The van der Waals surface area contributed by atoms with Crippen LogP contribution in [0, 0.1) is 0 Å². The summed E-state index contributed by atoms with van der Waals surface area (Å²) in [6.45, 7) is 3.21. The van der Waals surface area contributed by atoms with E-state index in [1.807, 2.05) is 0 Å². The van der Waals surface area contributed by atoms with Crippen molar-refractivity contribution in [2.24, 2.45) is 0 Å². The third kappa shape index (κ3) is 3.61. The standard InChI is InChI=1S/C8H12N2O2S/c1-8(2,11)6-13(12)7-9-4-3-5-10-7/h3-5,11H,6H2,1-2H3. The molecule has 1 aromatic rings. The molecule has 0 saturated heterocycles. The fraction of sp³-hybridized carbons (Fsp3) is 0.500. The van der Waals surface area contributed by atoms with Gasteiger partial charge in [0.25, 0.3) is 0 Å². The minimum absolute atomic E-state index is 0.150. The van der Waals surface area contributed by atoms with Crippen LogP contribution in [-0.4, -0.2) is 30.6 Å². The van der Waals surface area contributed by atoms with Crippen LogP contribution in [0.25, 0.3) is 0 Å². The minimum atomic E-state index is -1.33. The van der Waals surface area contributed by atoms with Crippen molar-refractivity contribution in [1.29, 1.82) is 0 Å². The normalized spacial score (nSPS) is 14.1. The first-order valence-electron chi connectivity index (χ1n) is 3.87. The first kappa shape index (κ1) is 10.3. The van der Waals surface area contributed by atoms with Gasteiger partial charge in [0, 0.05) is 12.4 Å². The third-order valence-corrected chi connectivity index (χ3v) is 2.82. The Kier molecular flexibility index (Phi) is 3.11. The predicted molar refractivity (Wildman–Crippen MR) is 49.6 cm³/mol. The average molecular weight is 200 g/mol. The fourth-order valence-electron chi connectivity index (χ4n) is 0.788. The first-order chi connectivity index (χ1) is 5.99. The molecule has 0 saturated carbocycles. The largest absolute Gasteiger partial charge is 0.389 e. The minimum Gasteiger partial charge on any atom is -0.389 e. The lowest BCUT2D eigenvalue weighted by atomic mass is 10.2. The molecule has 0 aliphatic carbocycles. The highest BCUT2D eigenvalue weighted by Crippen LogP contribution is 2.07. The second-order valence-corrected chi connectivity index (χ2v) is 4.68. The molecule has 72 valence electrons. The maximum atomic E-state index is 11.5. The van der Waals surface area contributed by atoms with E-state index in [2.05, 4.69) is 9.97 Å². The molecule has 0 aliphatic heterocycles. The summed E-state index contributed by atoms with van der Waals surface area (Å²) in [6.07, 6.45) is 3.06. The van der Waals surface area contributed by atoms with Crippen LogP contribution in [0.4, 0.5) is 0 Å². The van der Waals surface area contributed by atoms with Crippen molar-refractivity contribution in [3.63, 3.8) is 0 Å². The Labute approximate surface area is 79.5 Å². The molecule has 1 heterocycles. The van der Waals surface area contributed by atoms with E-state index in [1.165, 1.54) is 12.4 Å². The maximum Gasteiger partial charge on any atom is 0.218 e. The second-order valence-electron chi connectivity index (χ2n) is 3.33. The molecule has 0 amide bonds. The SMILES string of the molecule is CC(C)(O)CS(=O)c1ncccn1. The number of rotatable bonds is 3. The zero-order valence-electron chi connectivity index (χ0n) is 7.60. The van der Waals surface area contributed by atoms with E-state index in [0.29, 0.717) is 0 Å². The summed E-state index contributed by atoms with van der Waals surface area (Å²) in [7, 11) is -1.33. The van der Waals surface area contributed by atoms with Crippen LogP contribution < -0.4 is 0 Å². The Morgan fingerprint density at radius 1 is 1.46 bits per heavy atom. The van der Waals surface area contributed by atoms with E-state index >= 15 is 0 Å². The van der Waals surface area contributed by atoms with Gasteiger partial charge in [0.2, 0.25) is 5.16 Å². The molecule has 0 radical (unpaired) electrons. The molecule has 1 atom stereocenters. The molecule has 5 heteroatoms. The summed E-state index contributed by atoms with van der Waals surface area (Å²) >= 11 is 0. The van der Waals surface area contributed by atoms with E-state index in [0.717, 1.165) is 0 Å². The number of hydrogen-bond acceptors (Lipinski definition) is 4. The predicted octanol–water partition coefficient (Wildman–Crippen LogP) is 0.355. The van der Waals surface area contributed by atoms with E-state index < -0.39 is 16.4 Å². The molecule has 1 aromatic heterocycles. The molecule has 4 nitrogen and oxygen atoms in total. The van der Waals surface area contributed by atoms with Crippen LogP contribution in [-0.2, 0) is 10.8 Å². The highest BCUT2D eigenvalue weighted by atomic mass is 32.2. The summed E-state index contributed by atoms with van der Waals surface area (Å²) in [5.74, 6) is 0.150. The Bertz CT molecular complexity index is 295. The summed E-state index contributed by atoms with van der Waals surface area (Å²) in [5, 5.41) is 9.67. The van der Waals surface area contributed by atoms with Gasteiger partial charge in [-0.15, -0.1) is 0 Å². The van der Waals surface area contributed by atoms with Gasteiger partial charge in [-0.2, -0.15) is 0 Å². The Morgan fingerprint density at radius 3 is 2.46 bits per heavy atom. The lowest BCUT2D eigenvalue weighted by molar-refractivity contribution is 0.106. The quantitative estimate of drug-likeness (QED) is 0.715. The Morgan fingerprint density at radius 2 is 2.00 bits per heavy atom. The highest BCUT2D eigenvalue weighted by molar-refractivity contribution is 7.84. The number of aliphatic hydroxyl groups is 1. The summed E-state index contributed by atoms with van der Waals surface area (Å²) < 4.78 is 11.5. The van der Waals surface area contributed by atoms with Crippen molar-refractivity contribution >= 4 is 10.8 Å².